The van der Waals surface area contributed by atoms with Crippen LogP contribution in [0.15, 0.2) is 12.3 Å². The van der Waals surface area contributed by atoms with Gasteiger partial charge in [-0.25, -0.2) is 4.98 Å². The molecule has 0 saturated heterocycles. The molecule has 2 N–H and O–H groups in total. The van der Waals surface area contributed by atoms with E-state index >= 15 is 0 Å². The lowest BCUT2D eigenvalue weighted by molar-refractivity contribution is -0.138. The van der Waals surface area contributed by atoms with Crippen molar-refractivity contribution >= 4 is 17.1 Å². The summed E-state index contributed by atoms with van der Waals surface area (Å²) in [5.74, 6) is -1.37. The normalized spacial score (nSPS) is 12.9. The van der Waals surface area contributed by atoms with Crippen molar-refractivity contribution in [1.82, 2.24) is 20.4 Å². The summed E-state index contributed by atoms with van der Waals surface area (Å²) < 4.78 is 0. The highest BCUT2D eigenvalue weighted by atomic mass is 16.4. The van der Waals surface area contributed by atoms with Gasteiger partial charge in [-0.2, -0.15) is 10.3 Å². The Morgan fingerprint density at radius 2 is 2.40 bits per heavy atom. The van der Waals surface area contributed by atoms with Crippen LogP contribution in [-0.4, -0.2) is 31.5 Å². The number of pyridine rings is 1. The van der Waals surface area contributed by atoms with Gasteiger partial charge >= 0.3 is 5.97 Å². The molecule has 1 atom stereocenters. The fourth-order valence-corrected chi connectivity index (χ4v) is 1.50. The summed E-state index contributed by atoms with van der Waals surface area (Å²) >= 11 is 0. The fourth-order valence-electron chi connectivity index (χ4n) is 1.50. The topological polar surface area (TPSA) is 91.8 Å². The minimum Gasteiger partial charge on any atom is -0.481 e. The van der Waals surface area contributed by atoms with Gasteiger partial charge in [-0.1, -0.05) is 6.92 Å². The molecular formula is C9H10N4O2. The first kappa shape index (κ1) is 9.57. The number of H-pyrrole nitrogens is 1. The summed E-state index contributed by atoms with van der Waals surface area (Å²) in [7, 11) is 0. The Morgan fingerprint density at radius 3 is 3.07 bits per heavy atom. The lowest BCUT2D eigenvalue weighted by atomic mass is 9.98. The molecule has 2 aromatic rings. The highest BCUT2D eigenvalue weighted by Gasteiger charge is 2.18. The first-order chi connectivity index (χ1) is 7.22. The van der Waals surface area contributed by atoms with Crippen LogP contribution in [0.4, 0.5) is 0 Å². The lowest BCUT2D eigenvalue weighted by Gasteiger charge is -2.08. The van der Waals surface area contributed by atoms with Crippen molar-refractivity contribution < 1.29 is 9.90 Å². The summed E-state index contributed by atoms with van der Waals surface area (Å²) in [6.07, 6.45) is 2.06. The molecule has 2 aromatic heterocycles. The summed E-state index contributed by atoms with van der Waals surface area (Å²) in [6, 6.07) is 1.70. The molecule has 15 heavy (non-hydrogen) atoms. The van der Waals surface area contributed by atoms with Crippen LogP contribution < -0.4 is 0 Å². The van der Waals surface area contributed by atoms with Gasteiger partial charge in [0.15, 0.2) is 0 Å². The van der Waals surface area contributed by atoms with E-state index in [9.17, 15) is 4.79 Å². The number of aromatic nitrogens is 4. The molecule has 0 bridgehead atoms. The number of nitrogens with one attached hydrogen (secondary N) is 1. The first-order valence-electron chi connectivity index (χ1n) is 4.61. The summed E-state index contributed by atoms with van der Waals surface area (Å²) in [6.45, 7) is 1.83. The van der Waals surface area contributed by atoms with Crippen LogP contribution in [0.5, 0.6) is 0 Å². The highest BCUT2D eigenvalue weighted by molar-refractivity contribution is 5.78. The van der Waals surface area contributed by atoms with Crippen molar-refractivity contribution in [1.29, 1.82) is 0 Å². The smallest absolute Gasteiger partial charge is 0.311 e. The molecule has 0 saturated carbocycles. The number of carboxylic acid groups (broad SMARTS) is 1. The van der Waals surface area contributed by atoms with Crippen LogP contribution in [0.1, 0.15) is 24.8 Å². The first-order valence-corrected chi connectivity index (χ1v) is 4.61. The number of carbonyl (C=O) groups is 1. The molecule has 0 aliphatic rings. The van der Waals surface area contributed by atoms with E-state index in [1.54, 1.807) is 6.07 Å². The van der Waals surface area contributed by atoms with Crippen molar-refractivity contribution in [3.8, 4) is 0 Å². The SMILES string of the molecule is CCC(C(=O)O)c1cnc2n[nH]nc2c1. The molecule has 1 unspecified atom stereocenters. The maximum Gasteiger partial charge on any atom is 0.311 e. The van der Waals surface area contributed by atoms with E-state index < -0.39 is 11.9 Å². The van der Waals surface area contributed by atoms with Crippen LogP contribution in [0.2, 0.25) is 0 Å². The Hall–Kier alpha value is -1.98. The van der Waals surface area contributed by atoms with Crippen molar-refractivity contribution in [2.75, 3.05) is 0 Å². The number of hydrogen-bond donors (Lipinski definition) is 2. The van der Waals surface area contributed by atoms with Crippen molar-refractivity contribution in [2.24, 2.45) is 0 Å². The van der Waals surface area contributed by atoms with E-state index in [-0.39, 0.29) is 0 Å². The minimum atomic E-state index is -0.845. The largest absolute Gasteiger partial charge is 0.481 e. The van der Waals surface area contributed by atoms with Crippen molar-refractivity contribution in [3.05, 3.63) is 17.8 Å². The number of fused-ring (bicyclic) bond motifs is 1. The Kier molecular flexibility index (Phi) is 2.32. The number of aromatic amines is 1. The molecule has 6 nitrogen and oxygen atoms in total. The van der Waals surface area contributed by atoms with Gasteiger partial charge < -0.3 is 5.11 Å². The number of carboxylic acids is 1. The van der Waals surface area contributed by atoms with Crippen LogP contribution in [0.3, 0.4) is 0 Å². The summed E-state index contributed by atoms with van der Waals surface area (Å²) in [4.78, 5) is 15.0. The molecule has 78 valence electrons. The van der Waals surface area contributed by atoms with E-state index in [1.165, 1.54) is 6.20 Å². The third kappa shape index (κ3) is 1.65. The van der Waals surface area contributed by atoms with Crippen LogP contribution in [-0.2, 0) is 4.79 Å². The average molecular weight is 206 g/mol. The van der Waals surface area contributed by atoms with Gasteiger partial charge in [0, 0.05) is 6.20 Å². The third-order valence-corrected chi connectivity index (χ3v) is 2.30. The van der Waals surface area contributed by atoms with Crippen LogP contribution in [0, 0.1) is 0 Å². The van der Waals surface area contributed by atoms with E-state index in [4.69, 9.17) is 5.11 Å². The fraction of sp³-hybridized carbons (Fsp3) is 0.333. The number of aliphatic carboxylic acids is 1. The molecule has 0 fully saturated rings. The van der Waals surface area contributed by atoms with Gasteiger partial charge in [0.05, 0.1) is 5.92 Å². The Balaban J connectivity index is 2.46. The van der Waals surface area contributed by atoms with Gasteiger partial charge in [0.25, 0.3) is 0 Å². The zero-order valence-corrected chi connectivity index (χ0v) is 8.14. The number of nitrogens with zero attached hydrogens (tertiary/aromatic N) is 3. The van der Waals surface area contributed by atoms with Crippen LogP contribution >= 0.6 is 0 Å². The standard InChI is InChI=1S/C9H10N4O2/c1-2-6(9(14)15)5-3-7-8(10-4-5)12-13-11-7/h3-4,6H,2H2,1H3,(H,14,15)(H,10,11,12,13). The molecule has 0 aromatic carbocycles. The number of rotatable bonds is 3. The monoisotopic (exact) mass is 206 g/mol. The Bertz CT molecular complexity index is 494. The maximum atomic E-state index is 10.9. The molecule has 0 aliphatic heterocycles. The van der Waals surface area contributed by atoms with E-state index in [0.29, 0.717) is 23.1 Å². The van der Waals surface area contributed by atoms with Crippen molar-refractivity contribution in [3.63, 3.8) is 0 Å². The second kappa shape index (κ2) is 3.64. The zero-order valence-electron chi connectivity index (χ0n) is 8.14. The molecule has 6 heteroatoms. The van der Waals surface area contributed by atoms with Crippen LogP contribution in [0.25, 0.3) is 11.2 Å². The number of hydrogen-bond acceptors (Lipinski definition) is 4. The molecule has 0 amide bonds. The lowest BCUT2D eigenvalue weighted by Crippen LogP contribution is -2.10. The van der Waals surface area contributed by atoms with Gasteiger partial charge in [-0.05, 0) is 18.1 Å². The maximum absolute atomic E-state index is 10.9. The third-order valence-electron chi connectivity index (χ3n) is 2.30. The predicted molar refractivity (Wildman–Crippen MR) is 52.4 cm³/mol. The van der Waals surface area contributed by atoms with E-state index in [0.717, 1.165) is 0 Å². The van der Waals surface area contributed by atoms with Gasteiger partial charge in [-0.3, -0.25) is 4.79 Å². The summed E-state index contributed by atoms with van der Waals surface area (Å²) in [5, 5.41) is 19.1. The average Bonchev–Trinajstić information content (AvgIpc) is 2.65. The molecule has 2 heterocycles. The second-order valence-electron chi connectivity index (χ2n) is 3.23. The summed E-state index contributed by atoms with van der Waals surface area (Å²) in [5.41, 5.74) is 1.75. The molecular weight excluding hydrogens is 196 g/mol. The second-order valence-corrected chi connectivity index (χ2v) is 3.23. The quantitative estimate of drug-likeness (QED) is 0.779. The van der Waals surface area contributed by atoms with Gasteiger partial charge in [0.1, 0.15) is 5.52 Å². The molecule has 2 rings (SSSR count). The Labute approximate surface area is 85.3 Å². The molecule has 0 radical (unpaired) electrons. The van der Waals surface area contributed by atoms with Gasteiger partial charge in [-0.15, -0.1) is 5.10 Å². The molecule has 0 aliphatic carbocycles. The van der Waals surface area contributed by atoms with E-state index in [1.807, 2.05) is 6.92 Å². The highest BCUT2D eigenvalue weighted by Crippen LogP contribution is 2.20. The zero-order chi connectivity index (χ0) is 10.8. The van der Waals surface area contributed by atoms with E-state index in [2.05, 4.69) is 20.4 Å². The predicted octanol–water partition coefficient (Wildman–Crippen LogP) is 0.931. The molecule has 0 spiro atoms. The minimum absolute atomic E-state index is 0.499. The Morgan fingerprint density at radius 1 is 1.60 bits per heavy atom. The van der Waals surface area contributed by atoms with Gasteiger partial charge in [0.2, 0.25) is 5.65 Å². The van der Waals surface area contributed by atoms with Crippen molar-refractivity contribution in [2.45, 2.75) is 19.3 Å².